The molecule has 0 aromatic carbocycles. The van der Waals surface area contributed by atoms with E-state index in [2.05, 4.69) is 27.7 Å². The zero-order valence-electron chi connectivity index (χ0n) is 33.2. The van der Waals surface area contributed by atoms with Crippen LogP contribution in [0.1, 0.15) is 208 Å². The van der Waals surface area contributed by atoms with Crippen LogP contribution >= 0.6 is 8.25 Å². The second-order valence-electron chi connectivity index (χ2n) is 14.0. The Morgan fingerprint density at radius 1 is 0.438 bits per heavy atom. The fourth-order valence-corrected chi connectivity index (χ4v) is 6.88. The topological polar surface area (TPSA) is 72.5 Å². The van der Waals surface area contributed by atoms with Crippen LogP contribution in [-0.4, -0.2) is 51.2 Å². The van der Waals surface area contributed by atoms with E-state index in [-0.39, 0.29) is 12.2 Å². The molecule has 0 radical (unpaired) electrons. The zero-order chi connectivity index (χ0) is 35.7. The van der Waals surface area contributed by atoms with Gasteiger partial charge in [0.1, 0.15) is 12.2 Å². The predicted octanol–water partition coefficient (Wildman–Crippen LogP) is 13.4. The molecule has 0 aliphatic heterocycles. The Kier molecular flexibility index (Phi) is 35.2. The summed E-state index contributed by atoms with van der Waals surface area (Å²) in [5.74, 6) is 0. The highest BCUT2D eigenvalue weighted by atomic mass is 31.1. The summed E-state index contributed by atoms with van der Waals surface area (Å²) in [6.45, 7) is 12.5. The van der Waals surface area contributed by atoms with Gasteiger partial charge in [-0.05, 0) is 39.5 Å². The molecule has 0 bridgehead atoms. The molecule has 0 N–H and O–H groups in total. The van der Waals surface area contributed by atoms with Crippen molar-refractivity contribution in [3.63, 3.8) is 0 Å². The lowest BCUT2D eigenvalue weighted by Gasteiger charge is -2.25. The van der Waals surface area contributed by atoms with Gasteiger partial charge >= 0.3 is 8.25 Å². The number of methoxy groups -OCH3 is 2. The molecule has 0 heterocycles. The van der Waals surface area contributed by atoms with Gasteiger partial charge in [0, 0.05) is 18.8 Å². The predicted molar refractivity (Wildman–Crippen MR) is 203 cm³/mol. The Morgan fingerprint density at radius 3 is 0.958 bits per heavy atom. The average Bonchev–Trinajstić information content (AvgIpc) is 3.10. The largest absolute Gasteiger partial charge is 0.703 e. The third kappa shape index (κ3) is 27.6. The first-order valence-electron chi connectivity index (χ1n) is 20.5. The molecular weight excluding hydrogens is 623 g/mol. The maximum atomic E-state index is 13.2. The average molecular weight is 706 g/mol. The summed E-state index contributed by atoms with van der Waals surface area (Å²) in [6, 6.07) is 0. The van der Waals surface area contributed by atoms with Crippen LogP contribution in [0, 0.1) is 0 Å². The Balaban J connectivity index is 4.62. The van der Waals surface area contributed by atoms with Gasteiger partial charge in [0.25, 0.3) is 0 Å². The third-order valence-corrected chi connectivity index (χ3v) is 10.5. The monoisotopic (exact) mass is 706 g/mol. The van der Waals surface area contributed by atoms with Gasteiger partial charge in [0.05, 0.1) is 12.2 Å². The van der Waals surface area contributed by atoms with Crippen LogP contribution in [-0.2, 0) is 32.6 Å². The summed E-state index contributed by atoms with van der Waals surface area (Å²) in [7, 11) is 0.700. The summed E-state index contributed by atoms with van der Waals surface area (Å²) in [4.78, 5) is 0. The van der Waals surface area contributed by atoms with Gasteiger partial charge in [0.2, 0.25) is 12.6 Å². The van der Waals surface area contributed by atoms with Gasteiger partial charge in [-0.2, -0.15) is 0 Å². The first-order chi connectivity index (χ1) is 23.4. The van der Waals surface area contributed by atoms with Crippen LogP contribution in [0.15, 0.2) is 0 Å². The SMILES string of the molecule is CCCCCCCCCCCCCC(CC)OC(O[P+](=O)OC(OC(CC)CCCCCCCCCCCCC)C(C)OC)C(C)OC. The lowest BCUT2D eigenvalue weighted by Crippen LogP contribution is -2.35. The van der Waals surface area contributed by atoms with Crippen molar-refractivity contribution in [2.24, 2.45) is 0 Å². The summed E-state index contributed by atoms with van der Waals surface area (Å²) < 4.78 is 48.6. The molecule has 0 saturated heterocycles. The van der Waals surface area contributed by atoms with Gasteiger partial charge in [-0.25, -0.2) is 0 Å². The van der Waals surface area contributed by atoms with E-state index in [1.165, 1.54) is 128 Å². The fourth-order valence-electron chi connectivity index (χ4n) is 6.05. The number of unbranched alkanes of at least 4 members (excludes halogenated alkanes) is 20. The molecule has 0 rings (SSSR count). The first-order valence-corrected chi connectivity index (χ1v) is 21.6. The van der Waals surface area contributed by atoms with Gasteiger partial charge < -0.3 is 18.9 Å². The first kappa shape index (κ1) is 47.9. The standard InChI is InChI=1S/C40H82O7P/c1-9-13-15-17-19-21-23-25-27-29-31-33-37(11-3)44-39(35(5)42-7)46-48(41)47-40(36(6)43-8)45-38(12-4)34-32-30-28-26-24-22-20-18-16-14-10-2/h35-40H,9-34H2,1-8H3/q+1. The van der Waals surface area contributed by atoms with Gasteiger partial charge in [-0.1, -0.05) is 178 Å². The molecule has 6 unspecified atom stereocenters. The van der Waals surface area contributed by atoms with Crippen molar-refractivity contribution < 1.29 is 32.6 Å². The molecule has 48 heavy (non-hydrogen) atoms. The molecule has 0 aliphatic rings. The summed E-state index contributed by atoms with van der Waals surface area (Å²) in [6.07, 6.45) is 30.2. The molecule has 288 valence electrons. The molecule has 7 nitrogen and oxygen atoms in total. The summed E-state index contributed by atoms with van der Waals surface area (Å²) >= 11 is 0. The van der Waals surface area contributed by atoms with E-state index in [0.717, 1.165) is 38.5 Å². The number of hydrogen-bond acceptors (Lipinski definition) is 7. The van der Waals surface area contributed by atoms with Crippen molar-refractivity contribution >= 4 is 8.25 Å². The minimum Gasteiger partial charge on any atom is -0.376 e. The molecule has 0 spiro atoms. The lowest BCUT2D eigenvalue weighted by atomic mass is 10.0. The van der Waals surface area contributed by atoms with E-state index < -0.39 is 33.0 Å². The van der Waals surface area contributed by atoms with Crippen LogP contribution < -0.4 is 0 Å². The van der Waals surface area contributed by atoms with Crippen molar-refractivity contribution in [3.8, 4) is 0 Å². The second kappa shape index (κ2) is 35.3. The maximum Gasteiger partial charge on any atom is 0.703 e. The van der Waals surface area contributed by atoms with E-state index in [4.69, 9.17) is 28.0 Å². The van der Waals surface area contributed by atoms with Crippen molar-refractivity contribution in [3.05, 3.63) is 0 Å². The maximum absolute atomic E-state index is 13.2. The highest BCUT2D eigenvalue weighted by molar-refractivity contribution is 7.33. The van der Waals surface area contributed by atoms with Gasteiger partial charge in [-0.3, -0.25) is 0 Å². The highest BCUT2D eigenvalue weighted by Crippen LogP contribution is 2.34. The van der Waals surface area contributed by atoms with E-state index in [0.29, 0.717) is 0 Å². The Bertz CT molecular complexity index is 628. The Hall–Kier alpha value is -0.140. The molecule has 0 saturated carbocycles. The molecule has 8 heteroatoms. The third-order valence-electron chi connectivity index (χ3n) is 9.71. The van der Waals surface area contributed by atoms with Gasteiger partial charge in [-0.15, -0.1) is 0 Å². The van der Waals surface area contributed by atoms with Crippen LogP contribution in [0.3, 0.4) is 0 Å². The normalized spacial score (nSPS) is 16.0. The molecule has 0 fully saturated rings. The fraction of sp³-hybridized carbons (Fsp3) is 1.00. The van der Waals surface area contributed by atoms with Crippen molar-refractivity contribution in [1.82, 2.24) is 0 Å². The Morgan fingerprint density at radius 2 is 0.708 bits per heavy atom. The van der Waals surface area contributed by atoms with E-state index in [1.54, 1.807) is 14.2 Å². The number of hydrogen-bond donors (Lipinski definition) is 0. The lowest BCUT2D eigenvalue weighted by molar-refractivity contribution is -0.200. The van der Waals surface area contributed by atoms with Crippen molar-refractivity contribution in [2.75, 3.05) is 14.2 Å². The molecule has 0 amide bonds. The summed E-state index contributed by atoms with van der Waals surface area (Å²) in [5.41, 5.74) is 0. The summed E-state index contributed by atoms with van der Waals surface area (Å²) in [5, 5.41) is 0. The second-order valence-corrected chi connectivity index (χ2v) is 14.9. The Labute approximate surface area is 300 Å². The van der Waals surface area contributed by atoms with Gasteiger partial charge in [0.15, 0.2) is 0 Å². The van der Waals surface area contributed by atoms with E-state index in [1.807, 2.05) is 13.8 Å². The minimum absolute atomic E-state index is 0.00905. The van der Waals surface area contributed by atoms with Crippen molar-refractivity contribution in [2.45, 2.75) is 245 Å². The van der Waals surface area contributed by atoms with Crippen molar-refractivity contribution in [1.29, 1.82) is 0 Å². The number of ether oxygens (including phenoxy) is 4. The quantitative estimate of drug-likeness (QED) is 0.0360. The smallest absolute Gasteiger partial charge is 0.376 e. The highest BCUT2D eigenvalue weighted by Gasteiger charge is 2.39. The van der Waals surface area contributed by atoms with E-state index >= 15 is 0 Å². The molecule has 0 aromatic heterocycles. The van der Waals surface area contributed by atoms with Crippen LogP contribution in [0.25, 0.3) is 0 Å². The van der Waals surface area contributed by atoms with Crippen LogP contribution in [0.2, 0.25) is 0 Å². The molecule has 6 atom stereocenters. The van der Waals surface area contributed by atoms with E-state index in [9.17, 15) is 4.57 Å². The van der Waals surface area contributed by atoms with Crippen LogP contribution in [0.5, 0.6) is 0 Å². The number of rotatable bonds is 38. The minimum atomic E-state index is -2.53. The zero-order valence-corrected chi connectivity index (χ0v) is 34.0. The molecule has 0 aromatic rings. The molecule has 0 aliphatic carbocycles. The molecular formula is C40H82O7P+. The van der Waals surface area contributed by atoms with Crippen LogP contribution in [0.4, 0.5) is 0 Å².